The van der Waals surface area contributed by atoms with Crippen molar-refractivity contribution in [3.63, 3.8) is 0 Å². The van der Waals surface area contributed by atoms with E-state index in [0.717, 1.165) is 67.0 Å². The minimum atomic E-state index is 0.106. The van der Waals surface area contributed by atoms with Crippen LogP contribution in [0, 0.1) is 19.8 Å². The van der Waals surface area contributed by atoms with Crippen molar-refractivity contribution in [2.45, 2.75) is 58.6 Å². The van der Waals surface area contributed by atoms with Crippen LogP contribution in [-0.2, 0) is 16.1 Å². The van der Waals surface area contributed by atoms with Crippen LogP contribution in [0.5, 0.6) is 11.6 Å². The smallest absolute Gasteiger partial charge is 0.227 e. The van der Waals surface area contributed by atoms with E-state index >= 15 is 0 Å². The number of hydrogen-bond donors (Lipinski definition) is 0. The van der Waals surface area contributed by atoms with Crippen LogP contribution < -0.4 is 4.74 Å². The molecule has 0 radical (unpaired) electrons. The molecule has 1 saturated carbocycles. The fourth-order valence-corrected chi connectivity index (χ4v) is 4.73. The van der Waals surface area contributed by atoms with Crippen molar-refractivity contribution in [2.75, 3.05) is 13.2 Å². The van der Waals surface area contributed by atoms with Crippen LogP contribution in [-0.4, -0.2) is 39.8 Å². The number of ether oxygens (including phenoxy) is 2. The average Bonchev–Trinajstić information content (AvgIpc) is 3.41. The van der Waals surface area contributed by atoms with Gasteiger partial charge in [-0.2, -0.15) is 5.10 Å². The summed E-state index contributed by atoms with van der Waals surface area (Å²) >= 11 is 0. The third kappa shape index (κ3) is 4.87. The zero-order chi connectivity index (χ0) is 23.5. The number of aryl methyl sites for hydroxylation is 2. The van der Waals surface area contributed by atoms with Gasteiger partial charge in [-0.1, -0.05) is 36.8 Å². The minimum absolute atomic E-state index is 0.106. The first-order valence-electron chi connectivity index (χ1n) is 12.4. The Hall–Kier alpha value is -3.12. The van der Waals surface area contributed by atoms with Crippen LogP contribution in [0.1, 0.15) is 48.9 Å². The molecule has 0 bridgehead atoms. The molecule has 0 N–H and O–H groups in total. The van der Waals surface area contributed by atoms with E-state index in [-0.39, 0.29) is 17.9 Å². The molecule has 1 amide bonds. The van der Waals surface area contributed by atoms with Crippen LogP contribution in [0.4, 0.5) is 0 Å². The lowest BCUT2D eigenvalue weighted by Gasteiger charge is -2.33. The van der Waals surface area contributed by atoms with Crippen LogP contribution >= 0.6 is 0 Å². The van der Waals surface area contributed by atoms with Gasteiger partial charge in [0.25, 0.3) is 0 Å². The molecule has 2 fully saturated rings. The Morgan fingerprint density at radius 3 is 2.59 bits per heavy atom. The first-order valence-corrected chi connectivity index (χ1v) is 12.4. The number of rotatable bonds is 8. The quantitative estimate of drug-likeness (QED) is 0.441. The summed E-state index contributed by atoms with van der Waals surface area (Å²) in [5.41, 5.74) is 3.86. The molecule has 1 aromatic heterocycles. The van der Waals surface area contributed by atoms with Gasteiger partial charge in [0.15, 0.2) is 0 Å². The number of carbonyl (C=O) groups is 1. The van der Waals surface area contributed by atoms with Crippen molar-refractivity contribution in [2.24, 2.45) is 5.92 Å². The van der Waals surface area contributed by atoms with E-state index in [9.17, 15) is 4.79 Å². The molecule has 2 heterocycles. The number of benzene rings is 2. The molecule has 5 rings (SSSR count). The number of hydrogen-bond acceptors (Lipinski definition) is 4. The minimum Gasteiger partial charge on any atom is -0.439 e. The molecule has 0 spiro atoms. The van der Waals surface area contributed by atoms with Crippen LogP contribution in [0.25, 0.3) is 5.69 Å². The highest BCUT2D eigenvalue weighted by Gasteiger charge is 2.33. The maximum absolute atomic E-state index is 13.4. The number of amides is 1. The predicted octanol–water partition coefficient (Wildman–Crippen LogP) is 5.59. The largest absolute Gasteiger partial charge is 0.439 e. The molecule has 1 aliphatic carbocycles. The monoisotopic (exact) mass is 459 g/mol. The van der Waals surface area contributed by atoms with Crippen LogP contribution in [0.15, 0.2) is 54.6 Å². The number of carbonyl (C=O) groups excluding carboxylic acids is 1. The summed E-state index contributed by atoms with van der Waals surface area (Å²) in [6.07, 6.45) is 5.27. The summed E-state index contributed by atoms with van der Waals surface area (Å²) in [5, 5.41) is 4.85. The lowest BCUT2D eigenvalue weighted by molar-refractivity contribution is -0.140. The van der Waals surface area contributed by atoms with E-state index in [1.165, 1.54) is 0 Å². The van der Waals surface area contributed by atoms with Gasteiger partial charge < -0.3 is 14.4 Å². The van der Waals surface area contributed by atoms with Gasteiger partial charge in [-0.15, -0.1) is 0 Å². The molecule has 1 saturated heterocycles. The fraction of sp³-hybridized carbons (Fsp3) is 0.429. The molecule has 2 aromatic carbocycles. The zero-order valence-electron chi connectivity index (χ0n) is 20.1. The fourth-order valence-electron chi connectivity index (χ4n) is 4.73. The standard InChI is InChI=1S/C28H33N3O3/c1-20-9-6-14-24(17-20)34-28-26(21(2)29-31(28)23-12-4-3-5-13-23)19-30(18-25-15-8-16-33-25)27(32)22-10-7-11-22/h3-6,9,12-14,17,22,25H,7-8,10-11,15-16,18-19H2,1-2H3/t25-/m1/s1. The van der Waals surface area contributed by atoms with Gasteiger partial charge in [0.2, 0.25) is 11.8 Å². The van der Waals surface area contributed by atoms with Crippen molar-refractivity contribution in [3.8, 4) is 17.3 Å². The highest BCUT2D eigenvalue weighted by molar-refractivity contribution is 5.79. The summed E-state index contributed by atoms with van der Waals surface area (Å²) in [6, 6.07) is 18.0. The van der Waals surface area contributed by atoms with Gasteiger partial charge in [0.1, 0.15) is 5.75 Å². The molecule has 178 valence electrons. The van der Waals surface area contributed by atoms with Gasteiger partial charge >= 0.3 is 0 Å². The lowest BCUT2D eigenvalue weighted by atomic mass is 9.84. The highest BCUT2D eigenvalue weighted by Crippen LogP contribution is 2.34. The molecule has 2 aliphatic rings. The van der Waals surface area contributed by atoms with Crippen molar-refractivity contribution in [1.29, 1.82) is 0 Å². The van der Waals surface area contributed by atoms with E-state index < -0.39 is 0 Å². The van der Waals surface area contributed by atoms with E-state index in [2.05, 4.69) is 0 Å². The third-order valence-electron chi connectivity index (χ3n) is 6.91. The van der Waals surface area contributed by atoms with Crippen molar-refractivity contribution in [1.82, 2.24) is 14.7 Å². The molecule has 1 aliphatic heterocycles. The molecule has 3 aromatic rings. The maximum atomic E-state index is 13.4. The maximum Gasteiger partial charge on any atom is 0.227 e. The molecular formula is C28H33N3O3. The first kappa shape index (κ1) is 22.7. The summed E-state index contributed by atoms with van der Waals surface area (Å²) in [4.78, 5) is 15.4. The topological polar surface area (TPSA) is 56.6 Å². The Bertz CT molecular complexity index is 1130. The molecule has 1 atom stereocenters. The Morgan fingerprint density at radius 1 is 1.09 bits per heavy atom. The summed E-state index contributed by atoms with van der Waals surface area (Å²) in [6.45, 7) is 5.91. The van der Waals surface area contributed by atoms with Crippen LogP contribution in [0.2, 0.25) is 0 Å². The summed E-state index contributed by atoms with van der Waals surface area (Å²) < 4.78 is 14.2. The average molecular weight is 460 g/mol. The van der Waals surface area contributed by atoms with Gasteiger partial charge in [-0.25, -0.2) is 4.68 Å². The summed E-state index contributed by atoms with van der Waals surface area (Å²) in [7, 11) is 0. The van der Waals surface area contributed by atoms with E-state index in [4.69, 9.17) is 14.6 Å². The van der Waals surface area contributed by atoms with Gasteiger partial charge in [-0.05, 0) is 69.4 Å². The second-order valence-corrected chi connectivity index (χ2v) is 9.52. The van der Waals surface area contributed by atoms with Crippen molar-refractivity contribution < 1.29 is 14.3 Å². The van der Waals surface area contributed by atoms with E-state index in [1.54, 1.807) is 0 Å². The third-order valence-corrected chi connectivity index (χ3v) is 6.91. The Balaban J connectivity index is 1.51. The van der Waals surface area contributed by atoms with E-state index in [1.807, 2.05) is 78.0 Å². The number of para-hydroxylation sites is 1. The van der Waals surface area contributed by atoms with Gasteiger partial charge in [0, 0.05) is 19.1 Å². The van der Waals surface area contributed by atoms with Crippen molar-refractivity contribution >= 4 is 5.91 Å². The summed E-state index contributed by atoms with van der Waals surface area (Å²) in [5.74, 6) is 1.78. The Labute approximate surface area is 201 Å². The van der Waals surface area contributed by atoms with Gasteiger partial charge in [-0.3, -0.25) is 4.79 Å². The SMILES string of the molecule is Cc1cccc(Oc2c(CN(C[C@H]3CCCO3)C(=O)C3CCC3)c(C)nn2-c2ccccc2)c1. The number of nitrogens with zero attached hydrogens (tertiary/aromatic N) is 3. The molecule has 6 nitrogen and oxygen atoms in total. The predicted molar refractivity (Wildman–Crippen MR) is 131 cm³/mol. The second-order valence-electron chi connectivity index (χ2n) is 9.52. The number of aromatic nitrogens is 2. The molecule has 6 heteroatoms. The molecule has 0 unspecified atom stereocenters. The van der Waals surface area contributed by atoms with Gasteiger partial charge in [0.05, 0.1) is 29.6 Å². The molecule has 34 heavy (non-hydrogen) atoms. The lowest BCUT2D eigenvalue weighted by Crippen LogP contribution is -2.42. The normalized spacial score (nSPS) is 18.0. The van der Waals surface area contributed by atoms with Crippen LogP contribution in [0.3, 0.4) is 0 Å². The van der Waals surface area contributed by atoms with E-state index in [0.29, 0.717) is 19.0 Å². The first-order chi connectivity index (χ1) is 16.6. The zero-order valence-corrected chi connectivity index (χ0v) is 20.1. The highest BCUT2D eigenvalue weighted by atomic mass is 16.5. The Morgan fingerprint density at radius 2 is 1.91 bits per heavy atom. The second kappa shape index (κ2) is 10.0. The van der Waals surface area contributed by atoms with Crippen molar-refractivity contribution in [3.05, 3.63) is 71.4 Å². The molecular weight excluding hydrogens is 426 g/mol. The Kier molecular flexibility index (Phi) is 6.68.